The van der Waals surface area contributed by atoms with Crippen molar-refractivity contribution in [2.24, 2.45) is 0 Å². The Morgan fingerprint density at radius 1 is 1.27 bits per heavy atom. The van der Waals surface area contributed by atoms with Crippen molar-refractivity contribution in [1.29, 1.82) is 0 Å². The van der Waals surface area contributed by atoms with E-state index in [-0.39, 0.29) is 11.3 Å². The monoisotopic (exact) mass is 426 g/mol. The summed E-state index contributed by atoms with van der Waals surface area (Å²) in [5, 5.41) is 13.1. The third-order valence-electron chi connectivity index (χ3n) is 5.87. The van der Waals surface area contributed by atoms with Crippen molar-refractivity contribution in [3.63, 3.8) is 0 Å². The second-order valence-electron chi connectivity index (χ2n) is 7.46. The van der Waals surface area contributed by atoms with Crippen LogP contribution in [0.15, 0.2) is 41.3 Å². The Morgan fingerprint density at radius 2 is 2.07 bits per heavy atom. The summed E-state index contributed by atoms with van der Waals surface area (Å²) in [7, 11) is 0. The van der Waals surface area contributed by atoms with Crippen LogP contribution >= 0.6 is 11.3 Å². The molecule has 1 N–H and O–H groups in total. The number of carbonyl (C=O) groups is 2. The number of ketones is 1. The molecule has 2 aromatic rings. The molecule has 30 heavy (non-hydrogen) atoms. The van der Waals surface area contributed by atoms with E-state index in [4.69, 9.17) is 4.74 Å². The first-order valence-corrected chi connectivity index (χ1v) is 11.2. The summed E-state index contributed by atoms with van der Waals surface area (Å²) in [6.07, 6.45) is 0.767. The van der Waals surface area contributed by atoms with Crippen LogP contribution in [0.25, 0.3) is 5.76 Å². The van der Waals surface area contributed by atoms with Crippen molar-refractivity contribution < 1.29 is 19.4 Å². The Bertz CT molecular complexity index is 979. The largest absolute Gasteiger partial charge is 0.507 e. The first-order valence-electron chi connectivity index (χ1n) is 10.3. The molecule has 7 heteroatoms. The standard InChI is InChI=1S/C23H26N2O4S/c1-3-24(4-2)10-11-25-20(18-6-5-13-30-18)19(22(27)23(25)28)21(26)16-7-8-17-15(14-16)9-12-29-17/h5-8,13-14,20,26H,3-4,9-12H2,1-2H3/b21-19-. The first kappa shape index (κ1) is 20.6. The van der Waals surface area contributed by atoms with Gasteiger partial charge < -0.3 is 19.6 Å². The van der Waals surface area contributed by atoms with Crippen LogP contribution in [0.5, 0.6) is 5.75 Å². The van der Waals surface area contributed by atoms with Gasteiger partial charge in [-0.3, -0.25) is 9.59 Å². The number of ether oxygens (including phenoxy) is 1. The van der Waals surface area contributed by atoms with Gasteiger partial charge in [0.25, 0.3) is 11.7 Å². The molecular formula is C23H26N2O4S. The van der Waals surface area contributed by atoms with Gasteiger partial charge in [-0.25, -0.2) is 0 Å². The fraction of sp³-hybridized carbons (Fsp3) is 0.391. The fourth-order valence-electron chi connectivity index (χ4n) is 4.13. The maximum atomic E-state index is 13.0. The van der Waals surface area contributed by atoms with Crippen LogP contribution in [-0.2, 0) is 16.0 Å². The number of likely N-dealkylation sites (tertiary alicyclic amines) is 1. The molecule has 4 rings (SSSR count). The summed E-state index contributed by atoms with van der Waals surface area (Å²) < 4.78 is 5.54. The molecule has 1 atom stereocenters. The van der Waals surface area contributed by atoms with Gasteiger partial charge in [0, 0.05) is 30.0 Å². The van der Waals surface area contributed by atoms with E-state index in [1.165, 1.54) is 11.3 Å². The fourth-order valence-corrected chi connectivity index (χ4v) is 4.98. The lowest BCUT2D eigenvalue weighted by Gasteiger charge is -2.27. The lowest BCUT2D eigenvalue weighted by molar-refractivity contribution is -0.140. The van der Waals surface area contributed by atoms with Gasteiger partial charge in [-0.2, -0.15) is 0 Å². The normalized spacial score (nSPS) is 20.1. The van der Waals surface area contributed by atoms with Gasteiger partial charge in [0.15, 0.2) is 0 Å². The Labute approximate surface area is 180 Å². The molecule has 158 valence electrons. The van der Waals surface area contributed by atoms with Gasteiger partial charge in [-0.05, 0) is 48.3 Å². The number of aliphatic hydroxyl groups is 1. The second-order valence-corrected chi connectivity index (χ2v) is 8.44. The molecule has 2 aliphatic rings. The quantitative estimate of drug-likeness (QED) is 0.417. The molecule has 0 radical (unpaired) electrons. The summed E-state index contributed by atoms with van der Waals surface area (Å²) in [4.78, 5) is 30.6. The van der Waals surface area contributed by atoms with Crippen molar-refractivity contribution >= 4 is 28.8 Å². The van der Waals surface area contributed by atoms with Gasteiger partial charge in [0.2, 0.25) is 0 Å². The van der Waals surface area contributed by atoms with E-state index in [2.05, 4.69) is 18.7 Å². The molecule has 3 heterocycles. The molecule has 1 amide bonds. The molecule has 2 aliphatic heterocycles. The number of aliphatic hydroxyl groups excluding tert-OH is 1. The number of benzene rings is 1. The number of carbonyl (C=O) groups excluding carboxylic acids is 2. The average Bonchev–Trinajstić information content (AvgIpc) is 3.49. The average molecular weight is 427 g/mol. The summed E-state index contributed by atoms with van der Waals surface area (Å²) in [5.74, 6) is -0.485. The van der Waals surface area contributed by atoms with E-state index < -0.39 is 17.7 Å². The van der Waals surface area contributed by atoms with E-state index in [1.807, 2.05) is 29.6 Å². The highest BCUT2D eigenvalue weighted by atomic mass is 32.1. The molecule has 0 spiro atoms. The SMILES string of the molecule is CCN(CC)CCN1C(=O)C(=O)/C(=C(\O)c2ccc3c(c2)CCO3)C1c1cccs1. The van der Waals surface area contributed by atoms with E-state index in [0.717, 1.165) is 35.7 Å². The Balaban J connectivity index is 1.74. The van der Waals surface area contributed by atoms with Crippen LogP contribution in [0.1, 0.15) is 35.9 Å². The van der Waals surface area contributed by atoms with Gasteiger partial charge in [-0.15, -0.1) is 11.3 Å². The zero-order valence-corrected chi connectivity index (χ0v) is 18.1. The smallest absolute Gasteiger partial charge is 0.295 e. The van der Waals surface area contributed by atoms with Crippen molar-refractivity contribution in [1.82, 2.24) is 9.80 Å². The van der Waals surface area contributed by atoms with Crippen LogP contribution in [0, 0.1) is 0 Å². The molecule has 0 saturated carbocycles. The minimum Gasteiger partial charge on any atom is -0.507 e. The topological polar surface area (TPSA) is 70.1 Å². The van der Waals surface area contributed by atoms with Gasteiger partial charge in [-0.1, -0.05) is 19.9 Å². The molecule has 0 bridgehead atoms. The maximum Gasteiger partial charge on any atom is 0.295 e. The van der Waals surface area contributed by atoms with Gasteiger partial charge in [0.05, 0.1) is 18.2 Å². The van der Waals surface area contributed by atoms with E-state index >= 15 is 0 Å². The Kier molecular flexibility index (Phi) is 5.92. The van der Waals surface area contributed by atoms with Crippen LogP contribution in [0.4, 0.5) is 0 Å². The second kappa shape index (κ2) is 8.62. The number of Topliss-reactive ketones (excluding diaryl/α,β-unsaturated/α-hetero) is 1. The Hall–Kier alpha value is -2.64. The molecule has 0 aliphatic carbocycles. The van der Waals surface area contributed by atoms with Gasteiger partial charge >= 0.3 is 0 Å². The summed E-state index contributed by atoms with van der Waals surface area (Å²) >= 11 is 1.49. The number of amides is 1. The number of nitrogens with zero attached hydrogens (tertiary/aromatic N) is 2. The number of hydrogen-bond acceptors (Lipinski definition) is 6. The zero-order chi connectivity index (χ0) is 21.3. The minimum absolute atomic E-state index is 0.119. The first-order chi connectivity index (χ1) is 14.5. The number of fused-ring (bicyclic) bond motifs is 1. The maximum absolute atomic E-state index is 13.0. The summed E-state index contributed by atoms with van der Waals surface area (Å²) in [6.45, 7) is 7.63. The molecule has 1 unspecified atom stereocenters. The van der Waals surface area contributed by atoms with Crippen LogP contribution in [0.2, 0.25) is 0 Å². The van der Waals surface area contributed by atoms with Crippen molar-refractivity contribution in [2.75, 3.05) is 32.8 Å². The number of thiophene rings is 1. The van der Waals surface area contributed by atoms with Crippen molar-refractivity contribution in [2.45, 2.75) is 26.3 Å². The lowest BCUT2D eigenvalue weighted by atomic mass is 9.98. The summed E-state index contributed by atoms with van der Waals surface area (Å²) in [5.41, 5.74) is 1.71. The molecule has 6 nitrogen and oxygen atoms in total. The van der Waals surface area contributed by atoms with Gasteiger partial charge in [0.1, 0.15) is 11.5 Å². The predicted octanol–water partition coefficient (Wildman–Crippen LogP) is 3.45. The third kappa shape index (κ3) is 3.63. The number of likely N-dealkylation sites (N-methyl/N-ethyl adjacent to an activating group) is 1. The lowest BCUT2D eigenvalue weighted by Crippen LogP contribution is -2.37. The highest BCUT2D eigenvalue weighted by molar-refractivity contribution is 7.10. The molecule has 1 fully saturated rings. The predicted molar refractivity (Wildman–Crippen MR) is 117 cm³/mol. The Morgan fingerprint density at radius 3 is 2.77 bits per heavy atom. The molecule has 1 aromatic heterocycles. The third-order valence-corrected chi connectivity index (χ3v) is 6.79. The van der Waals surface area contributed by atoms with Crippen molar-refractivity contribution in [3.8, 4) is 5.75 Å². The summed E-state index contributed by atoms with van der Waals surface area (Å²) in [6, 6.07) is 8.66. The highest BCUT2D eigenvalue weighted by Crippen LogP contribution is 2.41. The van der Waals surface area contributed by atoms with E-state index in [9.17, 15) is 14.7 Å². The van der Waals surface area contributed by atoms with Crippen LogP contribution in [0.3, 0.4) is 0 Å². The molecular weight excluding hydrogens is 400 g/mol. The van der Waals surface area contributed by atoms with Crippen LogP contribution in [-0.4, -0.2) is 59.4 Å². The van der Waals surface area contributed by atoms with Crippen molar-refractivity contribution in [3.05, 3.63) is 57.3 Å². The van der Waals surface area contributed by atoms with E-state index in [1.54, 1.807) is 11.0 Å². The highest BCUT2D eigenvalue weighted by Gasteiger charge is 2.46. The zero-order valence-electron chi connectivity index (χ0n) is 17.3. The molecule has 1 saturated heterocycles. The molecule has 1 aromatic carbocycles. The number of hydrogen-bond donors (Lipinski definition) is 1. The number of rotatable bonds is 7. The minimum atomic E-state index is -0.623. The van der Waals surface area contributed by atoms with Crippen LogP contribution < -0.4 is 4.74 Å². The van der Waals surface area contributed by atoms with E-state index in [0.29, 0.717) is 25.3 Å².